The highest BCUT2D eigenvalue weighted by atomic mass is 16.2. The van der Waals surface area contributed by atoms with Crippen LogP contribution in [0.25, 0.3) is 11.0 Å². The van der Waals surface area contributed by atoms with Crippen LogP contribution >= 0.6 is 0 Å². The van der Waals surface area contributed by atoms with Gasteiger partial charge in [-0.25, -0.2) is 4.98 Å². The number of rotatable bonds is 4. The fourth-order valence-corrected chi connectivity index (χ4v) is 2.13. The highest BCUT2D eigenvalue weighted by Gasteiger charge is 2.16. The van der Waals surface area contributed by atoms with Gasteiger partial charge in [-0.2, -0.15) is 0 Å². The minimum Gasteiger partial charge on any atom is -0.313 e. The van der Waals surface area contributed by atoms with Crippen LogP contribution in [0.15, 0.2) is 24.3 Å². The predicted molar refractivity (Wildman–Crippen MR) is 73.4 cm³/mol. The Hall–Kier alpha value is -1.84. The third-order valence-electron chi connectivity index (χ3n) is 3.38. The van der Waals surface area contributed by atoms with Gasteiger partial charge in [-0.05, 0) is 25.0 Å². The van der Waals surface area contributed by atoms with Gasteiger partial charge in [0, 0.05) is 13.0 Å². The van der Waals surface area contributed by atoms with Crippen molar-refractivity contribution in [2.45, 2.75) is 26.7 Å². The van der Waals surface area contributed by atoms with E-state index in [9.17, 15) is 4.79 Å². The van der Waals surface area contributed by atoms with Crippen molar-refractivity contribution in [2.24, 2.45) is 13.0 Å². The van der Waals surface area contributed by atoms with Gasteiger partial charge in [-0.3, -0.25) is 10.1 Å². The number of aryl methyl sites for hydroxylation is 1. The predicted octanol–water partition coefficient (Wildman–Crippen LogP) is 2.95. The van der Waals surface area contributed by atoms with Gasteiger partial charge in [0.2, 0.25) is 11.9 Å². The Morgan fingerprint density at radius 1 is 1.33 bits per heavy atom. The SMILES string of the molecule is CCC(CC)C(=O)Nc1nc2ccccc2n1C. The van der Waals surface area contributed by atoms with Gasteiger partial charge in [0.25, 0.3) is 0 Å². The van der Waals surface area contributed by atoms with Gasteiger partial charge >= 0.3 is 0 Å². The molecule has 0 fully saturated rings. The van der Waals surface area contributed by atoms with Crippen LogP contribution < -0.4 is 5.32 Å². The molecular formula is C14H19N3O. The summed E-state index contributed by atoms with van der Waals surface area (Å²) < 4.78 is 1.91. The maximum atomic E-state index is 12.0. The molecule has 4 heteroatoms. The number of nitrogens with zero attached hydrogens (tertiary/aromatic N) is 2. The average molecular weight is 245 g/mol. The van der Waals surface area contributed by atoms with Crippen molar-refractivity contribution < 1.29 is 4.79 Å². The minimum atomic E-state index is 0.0541. The summed E-state index contributed by atoms with van der Waals surface area (Å²) in [5.41, 5.74) is 1.93. The lowest BCUT2D eigenvalue weighted by molar-refractivity contribution is -0.120. The van der Waals surface area contributed by atoms with Crippen molar-refractivity contribution in [1.29, 1.82) is 0 Å². The molecule has 0 bridgehead atoms. The summed E-state index contributed by atoms with van der Waals surface area (Å²) in [5, 5.41) is 2.91. The van der Waals surface area contributed by atoms with E-state index in [1.54, 1.807) is 0 Å². The van der Waals surface area contributed by atoms with Crippen molar-refractivity contribution in [3.8, 4) is 0 Å². The minimum absolute atomic E-state index is 0.0541. The Morgan fingerprint density at radius 3 is 2.61 bits per heavy atom. The standard InChI is InChI=1S/C14H19N3O/c1-4-10(5-2)13(18)16-14-15-11-8-6-7-9-12(11)17(14)3/h6-10H,4-5H2,1-3H3,(H,15,16,18). The molecule has 2 rings (SSSR count). The second-order valence-corrected chi connectivity index (χ2v) is 4.49. The number of nitrogens with one attached hydrogen (secondary N) is 1. The van der Waals surface area contributed by atoms with Crippen molar-refractivity contribution >= 4 is 22.9 Å². The molecule has 1 N–H and O–H groups in total. The van der Waals surface area contributed by atoms with Gasteiger partial charge in [0.1, 0.15) is 0 Å². The summed E-state index contributed by atoms with van der Waals surface area (Å²) in [4.78, 5) is 16.5. The smallest absolute Gasteiger partial charge is 0.229 e. The van der Waals surface area contributed by atoms with E-state index in [2.05, 4.69) is 10.3 Å². The zero-order valence-electron chi connectivity index (χ0n) is 11.1. The van der Waals surface area contributed by atoms with E-state index in [4.69, 9.17) is 0 Å². The molecule has 2 aromatic rings. The quantitative estimate of drug-likeness (QED) is 0.900. The number of aromatic nitrogens is 2. The highest BCUT2D eigenvalue weighted by molar-refractivity contribution is 5.93. The summed E-state index contributed by atoms with van der Waals surface area (Å²) in [5.74, 6) is 0.733. The van der Waals surface area contributed by atoms with Gasteiger partial charge < -0.3 is 4.57 Å². The third kappa shape index (κ3) is 2.23. The van der Waals surface area contributed by atoms with E-state index < -0.39 is 0 Å². The third-order valence-corrected chi connectivity index (χ3v) is 3.38. The largest absolute Gasteiger partial charge is 0.313 e. The van der Waals surface area contributed by atoms with Gasteiger partial charge in [-0.15, -0.1) is 0 Å². The number of hydrogen-bond donors (Lipinski definition) is 1. The van der Waals surface area contributed by atoms with E-state index >= 15 is 0 Å². The maximum Gasteiger partial charge on any atom is 0.229 e. The van der Waals surface area contributed by atoms with E-state index in [1.807, 2.05) is 49.7 Å². The summed E-state index contributed by atoms with van der Waals surface area (Å²) in [6.07, 6.45) is 1.71. The number of carbonyl (C=O) groups is 1. The number of amides is 1. The Kier molecular flexibility index (Phi) is 3.65. The number of anilines is 1. The van der Waals surface area contributed by atoms with Crippen LogP contribution in [0.5, 0.6) is 0 Å². The maximum absolute atomic E-state index is 12.0. The summed E-state index contributed by atoms with van der Waals surface area (Å²) in [6, 6.07) is 7.86. The Morgan fingerprint density at radius 2 is 2.00 bits per heavy atom. The number of fused-ring (bicyclic) bond motifs is 1. The van der Waals surface area contributed by atoms with Crippen LogP contribution in [0, 0.1) is 5.92 Å². The van der Waals surface area contributed by atoms with Crippen LogP contribution in [0.4, 0.5) is 5.95 Å². The van der Waals surface area contributed by atoms with Crippen molar-refractivity contribution in [3.63, 3.8) is 0 Å². The van der Waals surface area contributed by atoms with Gasteiger partial charge in [-0.1, -0.05) is 26.0 Å². The average Bonchev–Trinajstić information content (AvgIpc) is 2.68. The van der Waals surface area contributed by atoms with Crippen molar-refractivity contribution in [2.75, 3.05) is 5.32 Å². The first-order valence-corrected chi connectivity index (χ1v) is 6.39. The normalized spacial score (nSPS) is 11.1. The lowest BCUT2D eigenvalue weighted by atomic mass is 10.0. The molecule has 18 heavy (non-hydrogen) atoms. The first kappa shape index (κ1) is 12.6. The van der Waals surface area contributed by atoms with Crippen molar-refractivity contribution in [1.82, 2.24) is 9.55 Å². The number of benzene rings is 1. The van der Waals surface area contributed by atoms with E-state index in [0.29, 0.717) is 5.95 Å². The zero-order valence-corrected chi connectivity index (χ0v) is 11.1. The molecule has 0 radical (unpaired) electrons. The van der Waals surface area contributed by atoms with E-state index in [-0.39, 0.29) is 11.8 Å². The second kappa shape index (κ2) is 5.21. The molecule has 0 saturated heterocycles. The van der Waals surface area contributed by atoms with E-state index in [1.165, 1.54) is 0 Å². The Bertz CT molecular complexity index is 555. The lowest BCUT2D eigenvalue weighted by Crippen LogP contribution is -2.23. The fourth-order valence-electron chi connectivity index (χ4n) is 2.13. The van der Waals surface area contributed by atoms with Crippen LogP contribution in [-0.2, 0) is 11.8 Å². The molecule has 0 unspecified atom stereocenters. The van der Waals surface area contributed by atoms with Crippen LogP contribution in [0.3, 0.4) is 0 Å². The lowest BCUT2D eigenvalue weighted by Gasteiger charge is -2.12. The fraction of sp³-hybridized carbons (Fsp3) is 0.429. The molecule has 0 atom stereocenters. The molecule has 1 amide bonds. The molecule has 0 aliphatic rings. The Balaban J connectivity index is 2.27. The number of carbonyl (C=O) groups excluding carboxylic acids is 1. The summed E-state index contributed by atoms with van der Waals surface area (Å²) in [6.45, 7) is 4.06. The number of hydrogen-bond acceptors (Lipinski definition) is 2. The zero-order chi connectivity index (χ0) is 13.1. The first-order valence-electron chi connectivity index (χ1n) is 6.39. The van der Waals surface area contributed by atoms with Gasteiger partial charge in [0.05, 0.1) is 11.0 Å². The molecule has 0 aliphatic heterocycles. The summed E-state index contributed by atoms with van der Waals surface area (Å²) >= 11 is 0. The molecule has 0 aliphatic carbocycles. The van der Waals surface area contributed by atoms with E-state index in [0.717, 1.165) is 23.9 Å². The molecule has 1 aromatic carbocycles. The van der Waals surface area contributed by atoms with Gasteiger partial charge in [0.15, 0.2) is 0 Å². The monoisotopic (exact) mass is 245 g/mol. The van der Waals surface area contributed by atoms with Crippen LogP contribution in [0.2, 0.25) is 0 Å². The molecule has 1 aromatic heterocycles. The Labute approximate surface area is 107 Å². The molecular weight excluding hydrogens is 226 g/mol. The molecule has 4 nitrogen and oxygen atoms in total. The molecule has 1 heterocycles. The first-order chi connectivity index (χ1) is 8.67. The van der Waals surface area contributed by atoms with Crippen LogP contribution in [-0.4, -0.2) is 15.5 Å². The molecule has 0 spiro atoms. The highest BCUT2D eigenvalue weighted by Crippen LogP contribution is 2.19. The number of para-hydroxylation sites is 2. The molecule has 0 saturated carbocycles. The topological polar surface area (TPSA) is 46.9 Å². The summed E-state index contributed by atoms with van der Waals surface area (Å²) in [7, 11) is 1.91. The molecule has 96 valence electrons. The second-order valence-electron chi connectivity index (χ2n) is 4.49. The van der Waals surface area contributed by atoms with Crippen molar-refractivity contribution in [3.05, 3.63) is 24.3 Å². The van der Waals surface area contributed by atoms with Crippen LogP contribution in [0.1, 0.15) is 26.7 Å². The number of imidazole rings is 1.